The fourth-order valence-corrected chi connectivity index (χ4v) is 4.29. The summed E-state index contributed by atoms with van der Waals surface area (Å²) in [7, 11) is 0. The molecule has 2 atom stereocenters. The first-order chi connectivity index (χ1) is 15.3. The van der Waals surface area contributed by atoms with Gasteiger partial charge in [-0.05, 0) is 49.4 Å². The van der Waals surface area contributed by atoms with Crippen molar-refractivity contribution in [2.24, 2.45) is 0 Å². The van der Waals surface area contributed by atoms with Crippen LogP contribution in [-0.4, -0.2) is 61.4 Å². The second-order valence-corrected chi connectivity index (χ2v) is 8.16. The van der Waals surface area contributed by atoms with E-state index >= 15 is 0 Å². The number of hydrogen-bond acceptors (Lipinski definition) is 7. The van der Waals surface area contributed by atoms with Crippen LogP contribution in [-0.2, 0) is 27.2 Å². The largest absolute Gasteiger partial charge is 0.491 e. The normalized spacial score (nSPS) is 23.0. The predicted molar refractivity (Wildman–Crippen MR) is 113 cm³/mol. The molecule has 0 N–H and O–H groups in total. The van der Waals surface area contributed by atoms with Crippen molar-refractivity contribution in [1.29, 1.82) is 0 Å². The van der Waals surface area contributed by atoms with Crippen LogP contribution in [0.15, 0.2) is 29.1 Å². The molecule has 8 heteroatoms. The summed E-state index contributed by atoms with van der Waals surface area (Å²) < 4.78 is 30.2. The molecule has 2 unspecified atom stereocenters. The van der Waals surface area contributed by atoms with Crippen molar-refractivity contribution in [2.45, 2.75) is 44.4 Å². The van der Waals surface area contributed by atoms with Crippen molar-refractivity contribution in [1.82, 2.24) is 9.55 Å². The lowest BCUT2D eigenvalue weighted by Crippen LogP contribution is -2.34. The Kier molecular flexibility index (Phi) is 6.20. The Hall–Kier alpha value is -2.42. The van der Waals surface area contributed by atoms with Gasteiger partial charge in [0.2, 0.25) is 5.88 Å². The molecule has 0 spiro atoms. The molecule has 0 aliphatic carbocycles. The first-order valence-corrected chi connectivity index (χ1v) is 11.1. The number of nitrogens with zero attached hydrogens (tertiary/aromatic N) is 2. The molecule has 31 heavy (non-hydrogen) atoms. The van der Waals surface area contributed by atoms with Crippen LogP contribution in [0.25, 0.3) is 11.3 Å². The van der Waals surface area contributed by atoms with E-state index in [4.69, 9.17) is 23.7 Å². The van der Waals surface area contributed by atoms with Crippen LogP contribution in [0.5, 0.6) is 11.6 Å². The van der Waals surface area contributed by atoms with Gasteiger partial charge in [0.15, 0.2) is 0 Å². The van der Waals surface area contributed by atoms with Crippen molar-refractivity contribution in [3.63, 3.8) is 0 Å². The van der Waals surface area contributed by atoms with Crippen molar-refractivity contribution in [2.75, 3.05) is 39.6 Å². The summed E-state index contributed by atoms with van der Waals surface area (Å²) >= 11 is 0. The second kappa shape index (κ2) is 9.38. The fourth-order valence-electron chi connectivity index (χ4n) is 4.29. The van der Waals surface area contributed by atoms with E-state index in [-0.39, 0.29) is 17.9 Å². The lowest BCUT2D eigenvalue weighted by molar-refractivity contribution is -0.102. The molecule has 1 aromatic heterocycles. The molecule has 0 bridgehead atoms. The van der Waals surface area contributed by atoms with E-state index in [1.54, 1.807) is 4.57 Å². The van der Waals surface area contributed by atoms with Crippen LogP contribution in [0.3, 0.4) is 0 Å². The molecule has 3 aliphatic rings. The van der Waals surface area contributed by atoms with Crippen LogP contribution in [0.1, 0.15) is 24.8 Å². The van der Waals surface area contributed by atoms with E-state index in [1.165, 1.54) is 6.42 Å². The van der Waals surface area contributed by atoms with Crippen LogP contribution in [0.2, 0.25) is 0 Å². The third-order valence-corrected chi connectivity index (χ3v) is 5.96. The zero-order valence-electron chi connectivity index (χ0n) is 17.6. The van der Waals surface area contributed by atoms with Gasteiger partial charge in [-0.2, -0.15) is 4.98 Å². The van der Waals surface area contributed by atoms with E-state index < -0.39 is 0 Å². The summed E-state index contributed by atoms with van der Waals surface area (Å²) in [6.45, 7) is 3.93. The number of aromatic nitrogens is 2. The Morgan fingerprint density at radius 2 is 1.94 bits per heavy atom. The first kappa shape index (κ1) is 20.5. The third-order valence-electron chi connectivity index (χ3n) is 5.96. The molecule has 0 saturated carbocycles. The van der Waals surface area contributed by atoms with Gasteiger partial charge in [0.1, 0.15) is 25.1 Å². The van der Waals surface area contributed by atoms with Gasteiger partial charge in [-0.15, -0.1) is 0 Å². The van der Waals surface area contributed by atoms with E-state index in [1.807, 2.05) is 18.2 Å². The van der Waals surface area contributed by atoms with Crippen molar-refractivity contribution in [3.05, 3.63) is 40.3 Å². The Labute approximate surface area is 181 Å². The molecule has 0 radical (unpaired) electrons. The summed E-state index contributed by atoms with van der Waals surface area (Å²) in [6.07, 6.45) is 4.17. The lowest BCUT2D eigenvalue weighted by Gasteiger charge is -2.25. The molecule has 1 aromatic carbocycles. The second-order valence-electron chi connectivity index (χ2n) is 8.16. The highest BCUT2D eigenvalue weighted by Gasteiger charge is 2.21. The minimum atomic E-state index is -0.297. The number of rotatable bonds is 6. The van der Waals surface area contributed by atoms with Crippen molar-refractivity contribution >= 4 is 0 Å². The number of ether oxygens (including phenoxy) is 5. The molecule has 4 heterocycles. The Morgan fingerprint density at radius 1 is 1.03 bits per heavy atom. The quantitative estimate of drug-likeness (QED) is 0.698. The maximum absolute atomic E-state index is 12.6. The molecule has 3 aliphatic heterocycles. The molecular weight excluding hydrogens is 400 g/mol. The molecule has 0 amide bonds. The SMILES string of the molecule is O=c1nc(OCC2COCCO2)cc2n1CCc1cc(OCC3CCCCO3)ccc1-2. The molecule has 166 valence electrons. The minimum Gasteiger partial charge on any atom is -0.491 e. The number of benzene rings is 1. The maximum Gasteiger partial charge on any atom is 0.351 e. The Morgan fingerprint density at radius 3 is 2.77 bits per heavy atom. The fraction of sp³-hybridized carbons (Fsp3) is 0.565. The molecule has 5 rings (SSSR count). The van der Waals surface area contributed by atoms with Crippen LogP contribution in [0.4, 0.5) is 0 Å². The van der Waals surface area contributed by atoms with E-state index in [9.17, 15) is 4.79 Å². The standard InChI is InChI=1S/C23H28N2O6/c26-23-24-22(31-15-19-13-27-9-10-29-19)12-21-20-5-4-17(11-16(20)6-7-25(21)23)30-14-18-3-1-2-8-28-18/h4-5,11-12,18-19H,1-3,6-10,13-15H2. The van der Waals surface area contributed by atoms with Gasteiger partial charge >= 0.3 is 5.69 Å². The van der Waals surface area contributed by atoms with Crippen molar-refractivity contribution < 1.29 is 23.7 Å². The molecule has 2 aromatic rings. The minimum absolute atomic E-state index is 0.144. The lowest BCUT2D eigenvalue weighted by atomic mass is 9.97. The molecule has 2 saturated heterocycles. The topological polar surface area (TPSA) is 81.0 Å². The summed E-state index contributed by atoms with van der Waals surface area (Å²) in [4.78, 5) is 16.7. The van der Waals surface area contributed by atoms with Gasteiger partial charge in [-0.1, -0.05) is 0 Å². The number of hydrogen-bond donors (Lipinski definition) is 0. The van der Waals surface area contributed by atoms with E-state index in [0.29, 0.717) is 45.5 Å². The summed E-state index contributed by atoms with van der Waals surface area (Å²) in [5.74, 6) is 1.15. The molecule has 8 nitrogen and oxygen atoms in total. The van der Waals surface area contributed by atoms with Gasteiger partial charge in [0, 0.05) is 24.8 Å². The number of fused-ring (bicyclic) bond motifs is 3. The van der Waals surface area contributed by atoms with Gasteiger partial charge in [-0.3, -0.25) is 4.57 Å². The maximum atomic E-state index is 12.6. The zero-order valence-corrected chi connectivity index (χ0v) is 17.6. The Bertz CT molecular complexity index is 963. The van der Waals surface area contributed by atoms with Gasteiger partial charge < -0.3 is 23.7 Å². The first-order valence-electron chi connectivity index (χ1n) is 11.1. The zero-order chi connectivity index (χ0) is 21.0. The highest BCUT2D eigenvalue weighted by atomic mass is 16.6. The monoisotopic (exact) mass is 428 g/mol. The summed E-state index contributed by atoms with van der Waals surface area (Å²) in [5.41, 5.74) is 2.68. The van der Waals surface area contributed by atoms with Crippen LogP contribution >= 0.6 is 0 Å². The van der Waals surface area contributed by atoms with Gasteiger partial charge in [-0.25, -0.2) is 4.79 Å². The van der Waals surface area contributed by atoms with Crippen LogP contribution < -0.4 is 15.2 Å². The third kappa shape index (κ3) is 4.76. The predicted octanol–water partition coefficient (Wildman–Crippen LogP) is 2.21. The van der Waals surface area contributed by atoms with Crippen molar-refractivity contribution in [3.8, 4) is 22.9 Å². The van der Waals surface area contributed by atoms with Gasteiger partial charge in [0.25, 0.3) is 0 Å². The number of aryl methyl sites for hydroxylation is 1. The van der Waals surface area contributed by atoms with Gasteiger partial charge in [0.05, 0.1) is 31.6 Å². The smallest absolute Gasteiger partial charge is 0.351 e. The summed E-state index contributed by atoms with van der Waals surface area (Å²) in [6, 6.07) is 7.87. The molecule has 2 fully saturated rings. The average Bonchev–Trinajstić information content (AvgIpc) is 2.82. The highest BCUT2D eigenvalue weighted by molar-refractivity contribution is 5.67. The summed E-state index contributed by atoms with van der Waals surface area (Å²) in [5, 5.41) is 0. The van der Waals surface area contributed by atoms with E-state index in [2.05, 4.69) is 11.1 Å². The Balaban J connectivity index is 1.31. The van der Waals surface area contributed by atoms with E-state index in [0.717, 1.165) is 48.4 Å². The highest BCUT2D eigenvalue weighted by Crippen LogP contribution is 2.32. The van der Waals surface area contributed by atoms with Crippen LogP contribution in [0, 0.1) is 0 Å². The molecular formula is C23H28N2O6. The average molecular weight is 428 g/mol.